The first-order valence-electron chi connectivity index (χ1n) is 12.4. The largest absolute Gasteiger partial charge is 0.383 e. The van der Waals surface area contributed by atoms with E-state index < -0.39 is 0 Å². The van der Waals surface area contributed by atoms with Gasteiger partial charge in [0.2, 0.25) is 0 Å². The highest BCUT2D eigenvalue weighted by Gasteiger charge is 2.26. The molecule has 1 atom stereocenters. The van der Waals surface area contributed by atoms with E-state index in [-0.39, 0.29) is 5.56 Å². The molecule has 9 nitrogen and oxygen atoms in total. The van der Waals surface area contributed by atoms with Crippen LogP contribution < -0.4 is 16.6 Å². The molecule has 1 fully saturated rings. The summed E-state index contributed by atoms with van der Waals surface area (Å²) in [4.78, 5) is 31.2. The normalized spacial score (nSPS) is 17.4. The zero-order chi connectivity index (χ0) is 26.8. The Kier molecular flexibility index (Phi) is 9.67. The first-order chi connectivity index (χ1) is 18.0. The lowest BCUT2D eigenvalue weighted by Gasteiger charge is -2.21. The van der Waals surface area contributed by atoms with Gasteiger partial charge in [0.1, 0.15) is 23.0 Å². The van der Waals surface area contributed by atoms with Gasteiger partial charge in [-0.15, -0.1) is 12.8 Å². The molecule has 9 heteroatoms. The Balaban J connectivity index is 0.000000291. The quantitative estimate of drug-likeness (QED) is 0.240. The third kappa shape index (κ3) is 6.28. The molecule has 1 aliphatic carbocycles. The first-order valence-corrected chi connectivity index (χ1v) is 12.4. The summed E-state index contributed by atoms with van der Waals surface area (Å²) < 4.78 is 2.07. The summed E-state index contributed by atoms with van der Waals surface area (Å²) in [5.41, 5.74) is 9.22. The fraction of sp³-hybridized carbons (Fsp3) is 0.357. The molecule has 194 valence electrons. The molecular weight excluding hydrogens is 464 g/mol. The van der Waals surface area contributed by atoms with E-state index in [9.17, 15) is 4.79 Å². The Bertz CT molecular complexity index is 1360. The molecule has 0 aromatic carbocycles. The number of rotatable bonds is 5. The van der Waals surface area contributed by atoms with E-state index in [0.29, 0.717) is 23.2 Å². The van der Waals surface area contributed by atoms with Crippen LogP contribution in [-0.2, 0) is 7.05 Å². The van der Waals surface area contributed by atoms with Gasteiger partial charge >= 0.3 is 0 Å². The van der Waals surface area contributed by atoms with Crippen molar-refractivity contribution >= 4 is 23.0 Å². The topological polar surface area (TPSA) is 129 Å². The molecule has 5 rings (SSSR count). The van der Waals surface area contributed by atoms with Crippen LogP contribution in [0.2, 0.25) is 0 Å². The SMILES string of the molecule is C#C.C=CNC1C=NC=CC1.CN=C(N)c1c(-c2cc3c(=O)[nH]ccc3[nH]2)nc(C2CCCCC2)n1C. The molecule has 2 aliphatic rings. The van der Waals surface area contributed by atoms with E-state index in [1.54, 1.807) is 25.6 Å². The van der Waals surface area contributed by atoms with Gasteiger partial charge in [0.15, 0.2) is 0 Å². The van der Waals surface area contributed by atoms with Crippen molar-refractivity contribution in [1.82, 2.24) is 24.8 Å². The summed E-state index contributed by atoms with van der Waals surface area (Å²) >= 11 is 0. The second kappa shape index (κ2) is 13.1. The van der Waals surface area contributed by atoms with Crippen molar-refractivity contribution in [3.8, 4) is 24.2 Å². The van der Waals surface area contributed by atoms with Crippen molar-refractivity contribution < 1.29 is 0 Å². The predicted molar refractivity (Wildman–Crippen MR) is 153 cm³/mol. The number of terminal acetylenes is 1. The van der Waals surface area contributed by atoms with E-state index in [4.69, 9.17) is 10.7 Å². The maximum atomic E-state index is 12.1. The van der Waals surface area contributed by atoms with Crippen LogP contribution in [0.5, 0.6) is 0 Å². The van der Waals surface area contributed by atoms with Gasteiger partial charge in [-0.1, -0.05) is 31.9 Å². The molecule has 3 aromatic heterocycles. The second-order valence-electron chi connectivity index (χ2n) is 8.88. The van der Waals surface area contributed by atoms with E-state index >= 15 is 0 Å². The van der Waals surface area contributed by atoms with Gasteiger partial charge in [-0.05, 0) is 37.6 Å². The molecule has 0 radical (unpaired) electrons. The van der Waals surface area contributed by atoms with Crippen molar-refractivity contribution in [1.29, 1.82) is 0 Å². The monoisotopic (exact) mass is 500 g/mol. The Labute approximate surface area is 217 Å². The van der Waals surface area contributed by atoms with Crippen molar-refractivity contribution in [2.75, 3.05) is 7.05 Å². The molecule has 1 aliphatic heterocycles. The average molecular weight is 501 g/mol. The number of H-pyrrole nitrogens is 2. The van der Waals surface area contributed by atoms with Crippen LogP contribution in [0, 0.1) is 12.8 Å². The maximum Gasteiger partial charge on any atom is 0.257 e. The summed E-state index contributed by atoms with van der Waals surface area (Å²) in [5.74, 6) is 1.94. The van der Waals surface area contributed by atoms with Gasteiger partial charge < -0.3 is 25.6 Å². The molecule has 0 spiro atoms. The summed E-state index contributed by atoms with van der Waals surface area (Å²) in [6.45, 7) is 3.56. The minimum atomic E-state index is -0.118. The summed E-state index contributed by atoms with van der Waals surface area (Å²) in [6, 6.07) is 4.04. The molecule has 3 aromatic rings. The third-order valence-corrected chi connectivity index (χ3v) is 6.58. The number of nitrogens with one attached hydrogen (secondary N) is 3. The standard InChI is InChI=1S/C19H24N6O.C7H10N2.C2H2/c1-21-17(20)16-15(14-10-12-13(23-14)8-9-22-19(12)26)24-18(25(16)2)11-6-4-3-5-7-11;1-2-9-7-4-3-5-8-6-7;1-2/h8-11,23H,3-7H2,1-2H3,(H2,20,21)(H,22,26);2-3,5-7,9H,1,4H2;1-2H. The van der Waals surface area contributed by atoms with E-state index in [1.165, 1.54) is 19.3 Å². The number of aromatic nitrogens is 4. The van der Waals surface area contributed by atoms with Crippen molar-refractivity contribution in [2.45, 2.75) is 50.5 Å². The Morgan fingerprint density at radius 2 is 2.08 bits per heavy atom. The molecule has 1 unspecified atom stereocenters. The van der Waals surface area contributed by atoms with E-state index in [1.807, 2.05) is 31.5 Å². The van der Waals surface area contributed by atoms with Gasteiger partial charge in [-0.3, -0.25) is 14.8 Å². The molecule has 37 heavy (non-hydrogen) atoms. The Morgan fingerprint density at radius 3 is 2.70 bits per heavy atom. The molecule has 0 amide bonds. The van der Waals surface area contributed by atoms with Crippen LogP contribution in [0.3, 0.4) is 0 Å². The lowest BCUT2D eigenvalue weighted by molar-refractivity contribution is 0.421. The molecule has 4 heterocycles. The highest BCUT2D eigenvalue weighted by Crippen LogP contribution is 2.35. The number of pyridine rings is 1. The summed E-state index contributed by atoms with van der Waals surface area (Å²) in [5, 5.41) is 3.66. The lowest BCUT2D eigenvalue weighted by Crippen LogP contribution is -2.25. The van der Waals surface area contributed by atoms with Crippen molar-refractivity contribution in [3.05, 3.63) is 65.3 Å². The maximum absolute atomic E-state index is 12.1. The van der Waals surface area contributed by atoms with Crippen LogP contribution in [0.4, 0.5) is 0 Å². The zero-order valence-corrected chi connectivity index (χ0v) is 21.6. The number of amidine groups is 1. The number of aromatic amines is 2. The highest BCUT2D eigenvalue weighted by molar-refractivity contribution is 6.02. The number of nitrogens with two attached hydrogens (primary N) is 1. The van der Waals surface area contributed by atoms with Crippen molar-refractivity contribution in [3.63, 3.8) is 0 Å². The summed E-state index contributed by atoms with van der Waals surface area (Å²) in [6.07, 6.45) is 24.1. The van der Waals surface area contributed by atoms with Gasteiger partial charge in [0.05, 0.1) is 22.6 Å². The minimum Gasteiger partial charge on any atom is -0.383 e. The zero-order valence-electron chi connectivity index (χ0n) is 21.6. The predicted octanol–water partition coefficient (Wildman–Crippen LogP) is 3.97. The smallest absolute Gasteiger partial charge is 0.257 e. The molecule has 1 saturated carbocycles. The number of nitrogens with zero attached hydrogens (tertiary/aromatic N) is 4. The van der Waals surface area contributed by atoms with Gasteiger partial charge in [-0.2, -0.15) is 0 Å². The Morgan fingerprint density at radius 1 is 1.32 bits per heavy atom. The van der Waals surface area contributed by atoms with Crippen molar-refractivity contribution in [2.24, 2.45) is 22.8 Å². The fourth-order valence-electron chi connectivity index (χ4n) is 4.77. The lowest BCUT2D eigenvalue weighted by atomic mass is 9.89. The third-order valence-electron chi connectivity index (χ3n) is 6.58. The van der Waals surface area contributed by atoms with Gasteiger partial charge in [0.25, 0.3) is 5.56 Å². The van der Waals surface area contributed by atoms with Gasteiger partial charge in [-0.25, -0.2) is 4.98 Å². The van der Waals surface area contributed by atoms with Crippen LogP contribution in [-0.4, -0.2) is 44.7 Å². The Hall–Kier alpha value is -4.32. The van der Waals surface area contributed by atoms with Crippen LogP contribution in [0.15, 0.2) is 58.2 Å². The van der Waals surface area contributed by atoms with E-state index in [0.717, 1.165) is 47.7 Å². The first kappa shape index (κ1) is 27.3. The molecule has 5 N–H and O–H groups in total. The fourth-order valence-corrected chi connectivity index (χ4v) is 4.77. The minimum absolute atomic E-state index is 0.118. The highest BCUT2D eigenvalue weighted by atomic mass is 16.1. The molecular formula is C28H36N8O. The second-order valence-corrected chi connectivity index (χ2v) is 8.88. The number of hydrogen-bond acceptors (Lipinski definition) is 5. The summed E-state index contributed by atoms with van der Waals surface area (Å²) in [7, 11) is 3.69. The number of imidazole rings is 1. The number of aliphatic imine (C=N–C) groups is 2. The number of fused-ring (bicyclic) bond motifs is 1. The van der Waals surface area contributed by atoms with E-state index in [2.05, 4.69) is 49.3 Å². The molecule has 0 saturated heterocycles. The van der Waals surface area contributed by atoms with Crippen LogP contribution >= 0.6 is 0 Å². The van der Waals surface area contributed by atoms with Crippen LogP contribution in [0.25, 0.3) is 22.3 Å². The van der Waals surface area contributed by atoms with Crippen LogP contribution in [0.1, 0.15) is 56.0 Å². The van der Waals surface area contributed by atoms with Gasteiger partial charge in [0, 0.05) is 38.6 Å². The number of hydrogen-bond donors (Lipinski definition) is 4. The molecule has 0 bridgehead atoms. The average Bonchev–Trinajstić information content (AvgIpc) is 3.53.